The molecular formula is C14H12F2N2O3. The fraction of sp³-hybridized carbons (Fsp3) is 0.143. The van der Waals surface area contributed by atoms with Gasteiger partial charge in [0.25, 0.3) is 5.69 Å². The molecule has 0 bridgehead atoms. The first-order valence-electron chi connectivity index (χ1n) is 6.07. The van der Waals surface area contributed by atoms with Crippen molar-refractivity contribution in [3.05, 3.63) is 63.7 Å². The summed E-state index contributed by atoms with van der Waals surface area (Å²) >= 11 is 0. The number of nitrogens with one attached hydrogen (secondary N) is 1. The minimum atomic E-state index is -1.05. The molecule has 0 aliphatic carbocycles. The van der Waals surface area contributed by atoms with Gasteiger partial charge in [0.05, 0.1) is 11.0 Å². The first kappa shape index (κ1) is 14.7. The van der Waals surface area contributed by atoms with E-state index in [0.29, 0.717) is 17.7 Å². The Balaban J connectivity index is 2.37. The van der Waals surface area contributed by atoms with Gasteiger partial charge in [-0.05, 0) is 24.6 Å². The summed E-state index contributed by atoms with van der Waals surface area (Å²) < 4.78 is 26.8. The van der Waals surface area contributed by atoms with E-state index in [4.69, 9.17) is 0 Å². The van der Waals surface area contributed by atoms with Crippen LogP contribution in [0.2, 0.25) is 0 Å². The Bertz CT molecular complexity index is 692. The number of benzene rings is 2. The van der Waals surface area contributed by atoms with Crippen molar-refractivity contribution in [2.24, 2.45) is 0 Å². The largest absolute Gasteiger partial charge is 0.508 e. The van der Waals surface area contributed by atoms with E-state index in [-0.39, 0.29) is 5.75 Å². The van der Waals surface area contributed by atoms with Crippen LogP contribution >= 0.6 is 0 Å². The van der Waals surface area contributed by atoms with Crippen molar-refractivity contribution < 1.29 is 18.8 Å². The first-order valence-corrected chi connectivity index (χ1v) is 6.07. The molecule has 0 heterocycles. The summed E-state index contributed by atoms with van der Waals surface area (Å²) in [6.45, 7) is 1.64. The van der Waals surface area contributed by atoms with Crippen LogP contribution in [-0.4, -0.2) is 10.0 Å². The lowest BCUT2D eigenvalue weighted by atomic mass is 10.1. The Kier molecular flexibility index (Phi) is 4.02. The molecule has 0 aromatic heterocycles. The molecule has 5 nitrogen and oxygen atoms in total. The van der Waals surface area contributed by atoms with Crippen molar-refractivity contribution in [1.82, 2.24) is 0 Å². The number of aromatic hydroxyl groups is 1. The van der Waals surface area contributed by atoms with E-state index >= 15 is 0 Å². The normalized spacial score (nSPS) is 12.0. The van der Waals surface area contributed by atoms with Crippen LogP contribution in [0, 0.1) is 21.7 Å². The highest BCUT2D eigenvalue weighted by atomic mass is 19.1. The van der Waals surface area contributed by atoms with E-state index in [0.717, 1.165) is 0 Å². The highest BCUT2D eigenvalue weighted by molar-refractivity contribution is 5.63. The number of nitro groups is 1. The van der Waals surface area contributed by atoms with E-state index in [1.165, 1.54) is 12.1 Å². The topological polar surface area (TPSA) is 75.4 Å². The van der Waals surface area contributed by atoms with Gasteiger partial charge in [-0.25, -0.2) is 8.78 Å². The zero-order valence-corrected chi connectivity index (χ0v) is 11.0. The molecule has 7 heteroatoms. The SMILES string of the molecule is CC(Nc1c(F)cc(F)cc1[N+](=O)[O-])c1cccc(O)c1. The van der Waals surface area contributed by atoms with Gasteiger partial charge in [-0.2, -0.15) is 0 Å². The standard InChI is InChI=1S/C14H12F2N2O3/c1-8(9-3-2-4-11(19)5-9)17-14-12(16)6-10(15)7-13(14)18(20)21/h2-8,17,19H,1H3. The van der Waals surface area contributed by atoms with E-state index in [1.807, 2.05) is 0 Å². The minimum Gasteiger partial charge on any atom is -0.508 e. The zero-order valence-electron chi connectivity index (χ0n) is 11.0. The molecule has 2 N–H and O–H groups in total. The molecule has 1 unspecified atom stereocenters. The third-order valence-electron chi connectivity index (χ3n) is 2.96. The van der Waals surface area contributed by atoms with Crippen LogP contribution in [-0.2, 0) is 0 Å². The first-order chi connectivity index (χ1) is 9.88. The van der Waals surface area contributed by atoms with E-state index < -0.39 is 34.0 Å². The summed E-state index contributed by atoms with van der Waals surface area (Å²) in [5.41, 5.74) is -0.468. The van der Waals surface area contributed by atoms with E-state index in [9.17, 15) is 24.0 Å². The average Bonchev–Trinajstić information content (AvgIpc) is 2.41. The molecule has 0 saturated carbocycles. The summed E-state index contributed by atoms with van der Waals surface area (Å²) in [5, 5.41) is 22.9. The van der Waals surface area contributed by atoms with Gasteiger partial charge in [0.1, 0.15) is 17.3 Å². The Hall–Kier alpha value is -2.70. The molecule has 0 fully saturated rings. The molecule has 1 atom stereocenters. The third kappa shape index (κ3) is 3.25. The van der Waals surface area contributed by atoms with Gasteiger partial charge in [0.2, 0.25) is 0 Å². The van der Waals surface area contributed by atoms with E-state index in [1.54, 1.807) is 19.1 Å². The van der Waals surface area contributed by atoms with Crippen LogP contribution in [0.25, 0.3) is 0 Å². The number of nitro benzene ring substituents is 1. The second kappa shape index (κ2) is 5.74. The molecule has 0 amide bonds. The van der Waals surface area contributed by atoms with Crippen LogP contribution in [0.3, 0.4) is 0 Å². The monoisotopic (exact) mass is 294 g/mol. The molecule has 0 aliphatic rings. The maximum atomic E-state index is 13.8. The van der Waals surface area contributed by atoms with Gasteiger partial charge in [-0.1, -0.05) is 12.1 Å². The van der Waals surface area contributed by atoms with Crippen molar-refractivity contribution >= 4 is 11.4 Å². The molecule has 2 rings (SSSR count). The van der Waals surface area contributed by atoms with Crippen LogP contribution in [0.15, 0.2) is 36.4 Å². The number of phenolic OH excluding ortho intramolecular Hbond substituents is 1. The quantitative estimate of drug-likeness (QED) is 0.665. The summed E-state index contributed by atoms with van der Waals surface area (Å²) in [5.74, 6) is -2.04. The van der Waals surface area contributed by atoms with Gasteiger partial charge in [-0.3, -0.25) is 10.1 Å². The number of halogens is 2. The smallest absolute Gasteiger partial charge is 0.298 e. The molecule has 2 aromatic carbocycles. The Labute approximate surface area is 119 Å². The lowest BCUT2D eigenvalue weighted by molar-refractivity contribution is -0.384. The molecule has 2 aromatic rings. The molecule has 0 aliphatic heterocycles. The minimum absolute atomic E-state index is 0.0234. The number of anilines is 1. The third-order valence-corrected chi connectivity index (χ3v) is 2.96. The Morgan fingerprint density at radius 2 is 2.00 bits per heavy atom. The lowest BCUT2D eigenvalue weighted by Crippen LogP contribution is -2.10. The van der Waals surface area contributed by atoms with Crippen molar-refractivity contribution in [1.29, 1.82) is 0 Å². The van der Waals surface area contributed by atoms with Gasteiger partial charge in [0, 0.05) is 12.1 Å². The number of rotatable bonds is 4. The van der Waals surface area contributed by atoms with Gasteiger partial charge < -0.3 is 10.4 Å². The highest BCUT2D eigenvalue weighted by Gasteiger charge is 2.22. The van der Waals surface area contributed by atoms with E-state index in [2.05, 4.69) is 5.32 Å². The molecule has 21 heavy (non-hydrogen) atoms. The summed E-state index contributed by atoms with van der Waals surface area (Å²) in [7, 11) is 0. The number of hydrogen-bond acceptors (Lipinski definition) is 4. The van der Waals surface area contributed by atoms with Crippen molar-refractivity contribution in [2.75, 3.05) is 5.32 Å². The van der Waals surface area contributed by atoms with Crippen LogP contribution in [0.4, 0.5) is 20.2 Å². The predicted octanol–water partition coefficient (Wildman–Crippen LogP) is 3.75. The van der Waals surface area contributed by atoms with Gasteiger partial charge >= 0.3 is 0 Å². The lowest BCUT2D eigenvalue weighted by Gasteiger charge is -2.16. The molecule has 0 radical (unpaired) electrons. The van der Waals surface area contributed by atoms with Crippen LogP contribution in [0.5, 0.6) is 5.75 Å². The zero-order chi connectivity index (χ0) is 15.6. The highest BCUT2D eigenvalue weighted by Crippen LogP contribution is 2.32. The van der Waals surface area contributed by atoms with Crippen LogP contribution in [0.1, 0.15) is 18.5 Å². The Morgan fingerprint density at radius 1 is 1.29 bits per heavy atom. The van der Waals surface area contributed by atoms with Crippen molar-refractivity contribution in [3.63, 3.8) is 0 Å². The molecule has 0 spiro atoms. The molecule has 110 valence electrons. The maximum Gasteiger partial charge on any atom is 0.298 e. The number of hydrogen-bond donors (Lipinski definition) is 2. The van der Waals surface area contributed by atoms with Crippen molar-refractivity contribution in [3.8, 4) is 5.75 Å². The predicted molar refractivity (Wildman–Crippen MR) is 73.2 cm³/mol. The summed E-state index contributed by atoms with van der Waals surface area (Å²) in [6, 6.07) is 6.90. The fourth-order valence-corrected chi connectivity index (χ4v) is 1.94. The molecular weight excluding hydrogens is 282 g/mol. The Morgan fingerprint density at radius 3 is 2.62 bits per heavy atom. The average molecular weight is 294 g/mol. The summed E-state index contributed by atoms with van der Waals surface area (Å²) in [6.07, 6.45) is 0. The number of nitrogens with zero attached hydrogens (tertiary/aromatic N) is 1. The van der Waals surface area contributed by atoms with Crippen LogP contribution < -0.4 is 5.32 Å². The fourth-order valence-electron chi connectivity index (χ4n) is 1.94. The number of phenols is 1. The van der Waals surface area contributed by atoms with Gasteiger partial charge in [0.15, 0.2) is 5.82 Å². The van der Waals surface area contributed by atoms with Crippen molar-refractivity contribution in [2.45, 2.75) is 13.0 Å². The second-order valence-corrected chi connectivity index (χ2v) is 4.50. The molecule has 0 saturated heterocycles. The van der Waals surface area contributed by atoms with Gasteiger partial charge in [-0.15, -0.1) is 0 Å². The second-order valence-electron chi connectivity index (χ2n) is 4.50. The summed E-state index contributed by atoms with van der Waals surface area (Å²) in [4.78, 5) is 10.0. The maximum absolute atomic E-state index is 13.8.